The van der Waals surface area contributed by atoms with Gasteiger partial charge in [-0.2, -0.15) is 0 Å². The first-order valence-electron chi connectivity index (χ1n) is 17.0. The van der Waals surface area contributed by atoms with Crippen LogP contribution in [-0.4, -0.2) is 46.4 Å². The van der Waals surface area contributed by atoms with Crippen LogP contribution in [0.25, 0.3) is 11.0 Å². The first-order valence-corrected chi connectivity index (χ1v) is 17.0. The summed E-state index contributed by atoms with van der Waals surface area (Å²) in [6.45, 7) is 4.49. The van der Waals surface area contributed by atoms with Gasteiger partial charge in [0, 0.05) is 5.56 Å². The van der Waals surface area contributed by atoms with Crippen LogP contribution in [-0.2, 0) is 9.53 Å². The molecule has 250 valence electrons. The van der Waals surface area contributed by atoms with Crippen LogP contribution in [0.15, 0.2) is 66.7 Å². The number of anilines is 1. The summed E-state index contributed by atoms with van der Waals surface area (Å²) in [5.74, 6) is -1.25. The molecule has 4 aromatic rings. The number of rotatable bonds is 20. The number of amides is 1. The van der Waals surface area contributed by atoms with Gasteiger partial charge in [-0.15, -0.1) is 5.10 Å². The Labute approximate surface area is 278 Å². The molecule has 1 aromatic heterocycles. The molecule has 0 aliphatic carbocycles. The minimum absolute atomic E-state index is 0.240. The Balaban J connectivity index is 1.36. The molecule has 0 saturated heterocycles. The van der Waals surface area contributed by atoms with Gasteiger partial charge in [0.15, 0.2) is 11.8 Å². The van der Waals surface area contributed by atoms with Crippen LogP contribution in [0.4, 0.5) is 5.69 Å². The fraction of sp³-hybridized carbons (Fsp3) is 0.447. The van der Waals surface area contributed by atoms with Gasteiger partial charge in [0.2, 0.25) is 0 Å². The van der Waals surface area contributed by atoms with Crippen molar-refractivity contribution >= 4 is 34.4 Å². The standard InChI is InChI=1S/C38H48N4O5/c1-4-5-6-7-8-9-10-11-12-13-14-18-25-47-38(45)30-22-24-34(46-3)32(27-30)39-37(44)35(36(43)29-19-16-15-17-20-29)42-33-26-28(2)21-23-31(33)40-41-42/h15-17,19-24,26-27,35H,4-14,18,25H2,1-3H3,(H,39,44). The first-order chi connectivity index (χ1) is 22.9. The lowest BCUT2D eigenvalue weighted by Crippen LogP contribution is -2.33. The number of benzene rings is 3. The average molecular weight is 641 g/mol. The predicted molar refractivity (Wildman–Crippen MR) is 185 cm³/mol. The number of ketones is 1. The average Bonchev–Trinajstić information content (AvgIpc) is 3.49. The molecular weight excluding hydrogens is 592 g/mol. The van der Waals surface area contributed by atoms with E-state index in [-0.39, 0.29) is 11.3 Å². The summed E-state index contributed by atoms with van der Waals surface area (Å²) in [6, 6.07) is 17.4. The van der Waals surface area contributed by atoms with E-state index in [2.05, 4.69) is 22.6 Å². The fourth-order valence-corrected chi connectivity index (χ4v) is 5.66. The largest absolute Gasteiger partial charge is 0.495 e. The molecule has 1 amide bonds. The second-order valence-corrected chi connectivity index (χ2v) is 12.1. The number of Topliss-reactive ketones (excluding diaryl/α,β-unsaturated/α-hetero) is 1. The van der Waals surface area contributed by atoms with Gasteiger partial charge in [-0.3, -0.25) is 9.59 Å². The molecule has 1 N–H and O–H groups in total. The summed E-state index contributed by atoms with van der Waals surface area (Å²) in [5, 5.41) is 11.2. The molecule has 0 aliphatic rings. The topological polar surface area (TPSA) is 112 Å². The van der Waals surface area contributed by atoms with E-state index in [1.807, 2.05) is 19.1 Å². The molecule has 0 spiro atoms. The number of fused-ring (bicyclic) bond motifs is 1. The van der Waals surface area contributed by atoms with E-state index in [4.69, 9.17) is 9.47 Å². The first kappa shape index (κ1) is 35.3. The third-order valence-electron chi connectivity index (χ3n) is 8.35. The van der Waals surface area contributed by atoms with Crippen LogP contribution in [0, 0.1) is 6.92 Å². The van der Waals surface area contributed by atoms with Gasteiger partial charge in [-0.05, 0) is 49.2 Å². The zero-order valence-corrected chi connectivity index (χ0v) is 28.0. The molecule has 9 nitrogen and oxygen atoms in total. The number of aromatic nitrogens is 3. The Morgan fingerprint density at radius 2 is 1.45 bits per heavy atom. The molecule has 1 unspecified atom stereocenters. The molecule has 0 bridgehead atoms. The van der Waals surface area contributed by atoms with Crippen LogP contribution in [0.3, 0.4) is 0 Å². The maximum absolute atomic E-state index is 13.9. The summed E-state index contributed by atoms with van der Waals surface area (Å²) >= 11 is 0. The summed E-state index contributed by atoms with van der Waals surface area (Å²) in [5.41, 5.74) is 2.91. The predicted octanol–water partition coefficient (Wildman–Crippen LogP) is 8.67. The highest BCUT2D eigenvalue weighted by Gasteiger charge is 2.33. The lowest BCUT2D eigenvalue weighted by Gasteiger charge is -2.18. The number of nitrogens with one attached hydrogen (secondary N) is 1. The van der Waals surface area contributed by atoms with E-state index in [0.29, 0.717) is 29.0 Å². The Kier molecular flexibility index (Phi) is 14.0. The van der Waals surface area contributed by atoms with Crippen LogP contribution in [0.1, 0.15) is 116 Å². The second kappa shape index (κ2) is 18.6. The number of nitrogens with zero attached hydrogens (tertiary/aromatic N) is 3. The van der Waals surface area contributed by atoms with Crippen molar-refractivity contribution in [3.63, 3.8) is 0 Å². The number of unbranched alkanes of at least 4 members (excludes halogenated alkanes) is 11. The zero-order chi connectivity index (χ0) is 33.4. The number of ether oxygens (including phenoxy) is 2. The highest BCUT2D eigenvalue weighted by Crippen LogP contribution is 2.29. The maximum atomic E-state index is 13.9. The van der Waals surface area contributed by atoms with E-state index in [9.17, 15) is 14.4 Å². The van der Waals surface area contributed by atoms with Crippen molar-refractivity contribution < 1.29 is 23.9 Å². The molecule has 4 rings (SSSR count). The molecule has 47 heavy (non-hydrogen) atoms. The molecular formula is C38H48N4O5. The summed E-state index contributed by atoms with van der Waals surface area (Å²) in [6.07, 6.45) is 14.8. The van der Waals surface area contributed by atoms with E-state index < -0.39 is 23.7 Å². The molecule has 0 saturated carbocycles. The van der Waals surface area contributed by atoms with Crippen LogP contribution < -0.4 is 10.1 Å². The van der Waals surface area contributed by atoms with Gasteiger partial charge in [-0.25, -0.2) is 9.48 Å². The van der Waals surface area contributed by atoms with Crippen molar-refractivity contribution in [3.05, 3.63) is 83.4 Å². The smallest absolute Gasteiger partial charge is 0.338 e. The highest BCUT2D eigenvalue weighted by atomic mass is 16.5. The van der Waals surface area contributed by atoms with E-state index in [1.54, 1.807) is 48.5 Å². The minimum atomic E-state index is -1.37. The van der Waals surface area contributed by atoms with Crippen molar-refractivity contribution in [2.45, 2.75) is 96.9 Å². The van der Waals surface area contributed by atoms with E-state index in [1.165, 1.54) is 75.6 Å². The number of methoxy groups -OCH3 is 1. The minimum Gasteiger partial charge on any atom is -0.495 e. The molecule has 1 atom stereocenters. The lowest BCUT2D eigenvalue weighted by atomic mass is 10.0. The number of carbonyl (C=O) groups is 3. The number of esters is 1. The highest BCUT2D eigenvalue weighted by molar-refractivity contribution is 6.16. The molecule has 0 fully saturated rings. The Morgan fingerprint density at radius 3 is 2.11 bits per heavy atom. The number of carbonyl (C=O) groups excluding carboxylic acids is 3. The monoisotopic (exact) mass is 640 g/mol. The second-order valence-electron chi connectivity index (χ2n) is 12.1. The van der Waals surface area contributed by atoms with Crippen LogP contribution in [0.5, 0.6) is 5.75 Å². The number of hydrogen-bond donors (Lipinski definition) is 1. The van der Waals surface area contributed by atoms with Crippen molar-refractivity contribution in [1.29, 1.82) is 0 Å². The Morgan fingerprint density at radius 1 is 0.787 bits per heavy atom. The van der Waals surface area contributed by atoms with Crippen molar-refractivity contribution in [2.24, 2.45) is 0 Å². The van der Waals surface area contributed by atoms with Gasteiger partial charge in [0.1, 0.15) is 11.3 Å². The fourth-order valence-electron chi connectivity index (χ4n) is 5.66. The van der Waals surface area contributed by atoms with Gasteiger partial charge < -0.3 is 14.8 Å². The van der Waals surface area contributed by atoms with Crippen molar-refractivity contribution in [2.75, 3.05) is 19.0 Å². The molecule has 0 radical (unpaired) electrons. The summed E-state index contributed by atoms with van der Waals surface area (Å²) in [4.78, 5) is 40.6. The number of hydrogen-bond acceptors (Lipinski definition) is 7. The number of aryl methyl sites for hydroxylation is 1. The normalized spacial score (nSPS) is 11.7. The Bertz CT molecular complexity index is 1600. The molecule has 1 heterocycles. The van der Waals surface area contributed by atoms with Crippen LogP contribution >= 0.6 is 0 Å². The van der Waals surface area contributed by atoms with Gasteiger partial charge >= 0.3 is 5.97 Å². The lowest BCUT2D eigenvalue weighted by molar-refractivity contribution is -0.118. The molecule has 9 heteroatoms. The SMILES string of the molecule is CCCCCCCCCCCCCCOC(=O)c1ccc(OC)c(NC(=O)C(C(=O)c2ccccc2)n2nnc3ccc(C)cc32)c1. The Hall–Kier alpha value is -4.53. The summed E-state index contributed by atoms with van der Waals surface area (Å²) < 4.78 is 12.4. The molecule has 0 aliphatic heterocycles. The van der Waals surface area contributed by atoms with E-state index in [0.717, 1.165) is 24.8 Å². The quantitative estimate of drug-likeness (QED) is 0.0445. The van der Waals surface area contributed by atoms with Crippen LogP contribution in [0.2, 0.25) is 0 Å². The molecule has 3 aromatic carbocycles. The van der Waals surface area contributed by atoms with Crippen molar-refractivity contribution in [3.8, 4) is 5.75 Å². The van der Waals surface area contributed by atoms with E-state index >= 15 is 0 Å². The maximum Gasteiger partial charge on any atom is 0.338 e. The third kappa shape index (κ3) is 10.2. The zero-order valence-electron chi connectivity index (χ0n) is 28.0. The van der Waals surface area contributed by atoms with Gasteiger partial charge in [0.05, 0.1) is 30.5 Å². The van der Waals surface area contributed by atoms with Crippen molar-refractivity contribution in [1.82, 2.24) is 15.0 Å². The van der Waals surface area contributed by atoms with Gasteiger partial charge in [0.25, 0.3) is 5.91 Å². The van der Waals surface area contributed by atoms with Gasteiger partial charge in [-0.1, -0.05) is 119 Å². The summed E-state index contributed by atoms with van der Waals surface area (Å²) in [7, 11) is 1.47. The third-order valence-corrected chi connectivity index (χ3v) is 8.35.